The van der Waals surface area contributed by atoms with Crippen molar-refractivity contribution in [3.8, 4) is 0 Å². The van der Waals surface area contributed by atoms with Crippen LogP contribution in [0.25, 0.3) is 0 Å². The van der Waals surface area contributed by atoms with Gasteiger partial charge < -0.3 is 5.73 Å². The number of nitrogen functional groups attached to an aromatic ring is 1. The number of amidine groups is 1. The van der Waals surface area contributed by atoms with Gasteiger partial charge in [0.25, 0.3) is 0 Å². The van der Waals surface area contributed by atoms with Crippen LogP contribution >= 0.6 is 11.8 Å². The number of nitrogens with two attached hydrogens (primary N) is 1. The van der Waals surface area contributed by atoms with Gasteiger partial charge in [-0.1, -0.05) is 17.8 Å². The normalized spacial score (nSPS) is 10.3. The Morgan fingerprint density at radius 3 is 2.50 bits per heavy atom. The molecule has 1 aromatic heterocycles. The quantitative estimate of drug-likeness (QED) is 0.656. The van der Waals surface area contributed by atoms with Crippen LogP contribution in [0.15, 0.2) is 46.3 Å². The van der Waals surface area contributed by atoms with Crippen molar-refractivity contribution in [2.45, 2.75) is 23.6 Å². The molecule has 3 nitrogen and oxygen atoms in total. The lowest BCUT2D eigenvalue weighted by Crippen LogP contribution is -2.12. The van der Waals surface area contributed by atoms with E-state index in [0.29, 0.717) is 5.69 Å². The fourth-order valence-electron chi connectivity index (χ4n) is 1.54. The van der Waals surface area contributed by atoms with E-state index in [-0.39, 0.29) is 5.84 Å². The summed E-state index contributed by atoms with van der Waals surface area (Å²) < 4.78 is 0. The Kier molecular flexibility index (Phi) is 3.67. The number of hydrogen-bond acceptors (Lipinski definition) is 3. The van der Waals surface area contributed by atoms with Gasteiger partial charge in [-0.15, -0.1) is 0 Å². The molecule has 0 fully saturated rings. The zero-order chi connectivity index (χ0) is 13.1. The van der Waals surface area contributed by atoms with Crippen molar-refractivity contribution in [1.82, 2.24) is 4.98 Å². The number of hydrogen-bond donors (Lipinski definition) is 2. The number of nitrogens with one attached hydrogen (secondary N) is 1. The summed E-state index contributed by atoms with van der Waals surface area (Å²) in [6, 6.07) is 10.1. The maximum absolute atomic E-state index is 7.38. The number of pyridine rings is 1. The van der Waals surface area contributed by atoms with Crippen LogP contribution in [0.3, 0.4) is 0 Å². The highest BCUT2D eigenvalue weighted by atomic mass is 32.2. The first-order valence-electron chi connectivity index (χ1n) is 5.62. The van der Waals surface area contributed by atoms with Crippen LogP contribution in [-0.2, 0) is 0 Å². The number of nitrogens with zero attached hydrogens (tertiary/aromatic N) is 1. The topological polar surface area (TPSA) is 62.8 Å². The summed E-state index contributed by atoms with van der Waals surface area (Å²) in [4.78, 5) is 6.27. The second-order valence-electron chi connectivity index (χ2n) is 4.14. The molecule has 3 N–H and O–H groups in total. The first-order valence-corrected chi connectivity index (χ1v) is 6.43. The maximum Gasteiger partial charge on any atom is 0.141 e. The third-order valence-corrected chi connectivity index (χ3v) is 3.70. The van der Waals surface area contributed by atoms with Crippen LogP contribution in [0.4, 0.5) is 0 Å². The summed E-state index contributed by atoms with van der Waals surface area (Å²) in [5.41, 5.74) is 8.52. The molecule has 0 saturated carbocycles. The monoisotopic (exact) mass is 257 g/mol. The van der Waals surface area contributed by atoms with Crippen molar-refractivity contribution in [3.05, 3.63) is 53.3 Å². The van der Waals surface area contributed by atoms with Gasteiger partial charge in [-0.05, 0) is 49.2 Å². The minimum absolute atomic E-state index is 0.00228. The van der Waals surface area contributed by atoms with E-state index in [1.165, 1.54) is 16.0 Å². The second kappa shape index (κ2) is 5.23. The molecule has 0 radical (unpaired) electrons. The Hall–Kier alpha value is -1.81. The van der Waals surface area contributed by atoms with Crippen LogP contribution < -0.4 is 5.73 Å². The van der Waals surface area contributed by atoms with Crippen LogP contribution in [0.5, 0.6) is 0 Å². The molecule has 0 spiro atoms. The first-order chi connectivity index (χ1) is 8.56. The number of aromatic nitrogens is 1. The van der Waals surface area contributed by atoms with Crippen molar-refractivity contribution >= 4 is 17.6 Å². The van der Waals surface area contributed by atoms with Gasteiger partial charge in [0.1, 0.15) is 11.5 Å². The lowest BCUT2D eigenvalue weighted by atomic mass is 10.1. The van der Waals surface area contributed by atoms with Crippen LogP contribution in [-0.4, -0.2) is 10.8 Å². The Bertz CT molecular complexity index is 593. The Balaban J connectivity index is 2.25. The minimum Gasteiger partial charge on any atom is -0.382 e. The van der Waals surface area contributed by atoms with Crippen molar-refractivity contribution in [2.24, 2.45) is 5.73 Å². The second-order valence-corrected chi connectivity index (χ2v) is 5.29. The molecular formula is C14H15N3S. The smallest absolute Gasteiger partial charge is 0.141 e. The van der Waals surface area contributed by atoms with Crippen LogP contribution in [0.2, 0.25) is 0 Å². The third kappa shape index (κ3) is 2.90. The number of aryl methyl sites for hydroxylation is 2. The number of rotatable bonds is 3. The van der Waals surface area contributed by atoms with Gasteiger partial charge in [-0.25, -0.2) is 0 Å². The van der Waals surface area contributed by atoms with Gasteiger partial charge >= 0.3 is 0 Å². The highest BCUT2D eigenvalue weighted by molar-refractivity contribution is 7.99. The predicted octanol–water partition coefficient (Wildman–Crippen LogP) is 3.13. The van der Waals surface area contributed by atoms with Gasteiger partial charge in [-0.3, -0.25) is 10.4 Å². The Morgan fingerprint density at radius 2 is 1.83 bits per heavy atom. The molecule has 0 amide bonds. The van der Waals surface area contributed by atoms with Crippen LogP contribution in [0.1, 0.15) is 16.8 Å². The summed E-state index contributed by atoms with van der Waals surface area (Å²) in [6.07, 6.45) is 1.68. The van der Waals surface area contributed by atoms with E-state index in [0.717, 1.165) is 4.90 Å². The summed E-state index contributed by atoms with van der Waals surface area (Å²) in [5.74, 6) is -0.00228. The highest BCUT2D eigenvalue weighted by Gasteiger charge is 2.03. The zero-order valence-corrected chi connectivity index (χ0v) is 11.2. The van der Waals surface area contributed by atoms with Crippen LogP contribution in [0, 0.1) is 19.3 Å². The van der Waals surface area contributed by atoms with Gasteiger partial charge in [0.2, 0.25) is 0 Å². The van der Waals surface area contributed by atoms with E-state index in [9.17, 15) is 0 Å². The molecule has 0 unspecified atom stereocenters. The van der Waals surface area contributed by atoms with Gasteiger partial charge in [0, 0.05) is 16.0 Å². The molecule has 0 saturated heterocycles. The van der Waals surface area contributed by atoms with Gasteiger partial charge in [0.05, 0.1) is 0 Å². The van der Waals surface area contributed by atoms with E-state index in [2.05, 4.69) is 37.0 Å². The molecule has 0 aliphatic heterocycles. The fraction of sp³-hybridized carbons (Fsp3) is 0.143. The maximum atomic E-state index is 7.38. The summed E-state index contributed by atoms with van der Waals surface area (Å²) in [6.45, 7) is 4.21. The molecule has 92 valence electrons. The van der Waals surface area contributed by atoms with E-state index in [4.69, 9.17) is 11.1 Å². The predicted molar refractivity (Wildman–Crippen MR) is 75.3 cm³/mol. The van der Waals surface area contributed by atoms with Crippen molar-refractivity contribution in [2.75, 3.05) is 0 Å². The van der Waals surface area contributed by atoms with Gasteiger partial charge in [-0.2, -0.15) is 0 Å². The molecule has 1 heterocycles. The standard InChI is InChI=1S/C14H15N3S/c1-9-3-4-11(7-10(9)2)18-12-5-6-17-13(8-12)14(15)16/h3-8H,1-2H3,(H3,15,16). The van der Waals surface area contributed by atoms with Gasteiger partial charge in [0.15, 0.2) is 0 Å². The third-order valence-electron chi connectivity index (χ3n) is 2.72. The molecule has 0 aliphatic carbocycles. The average Bonchev–Trinajstić information content (AvgIpc) is 2.34. The summed E-state index contributed by atoms with van der Waals surface area (Å²) >= 11 is 1.65. The molecular weight excluding hydrogens is 242 g/mol. The molecule has 4 heteroatoms. The first kappa shape index (κ1) is 12.6. The van der Waals surface area contributed by atoms with E-state index in [1.54, 1.807) is 18.0 Å². The number of benzene rings is 1. The zero-order valence-electron chi connectivity index (χ0n) is 10.4. The summed E-state index contributed by atoms with van der Waals surface area (Å²) in [7, 11) is 0. The largest absolute Gasteiger partial charge is 0.382 e. The molecule has 0 aliphatic rings. The van der Waals surface area contributed by atoms with E-state index in [1.807, 2.05) is 12.1 Å². The highest BCUT2D eigenvalue weighted by Crippen LogP contribution is 2.28. The van der Waals surface area contributed by atoms with Crippen molar-refractivity contribution in [3.63, 3.8) is 0 Å². The Morgan fingerprint density at radius 1 is 1.11 bits per heavy atom. The summed E-state index contributed by atoms with van der Waals surface area (Å²) in [5, 5.41) is 7.38. The van der Waals surface area contributed by atoms with E-state index < -0.39 is 0 Å². The van der Waals surface area contributed by atoms with Crippen molar-refractivity contribution in [1.29, 1.82) is 5.41 Å². The van der Waals surface area contributed by atoms with E-state index >= 15 is 0 Å². The minimum atomic E-state index is -0.00228. The molecule has 2 rings (SSSR count). The average molecular weight is 257 g/mol. The molecule has 0 atom stereocenters. The Labute approximate surface area is 111 Å². The van der Waals surface area contributed by atoms with Crippen molar-refractivity contribution < 1.29 is 0 Å². The molecule has 1 aromatic carbocycles. The lowest BCUT2D eigenvalue weighted by molar-refractivity contribution is 1.20. The molecule has 18 heavy (non-hydrogen) atoms. The molecule has 2 aromatic rings. The fourth-order valence-corrected chi connectivity index (χ4v) is 2.48. The molecule has 0 bridgehead atoms. The SMILES string of the molecule is Cc1ccc(Sc2ccnc(C(=N)N)c2)cc1C. The lowest BCUT2D eigenvalue weighted by Gasteiger charge is -2.06.